The van der Waals surface area contributed by atoms with Crippen molar-refractivity contribution in [3.05, 3.63) is 69.3 Å². The van der Waals surface area contributed by atoms with Crippen molar-refractivity contribution >= 4 is 17.4 Å². The zero-order valence-corrected chi connectivity index (χ0v) is 11.9. The third kappa shape index (κ3) is 3.59. The lowest BCUT2D eigenvalue weighted by molar-refractivity contribution is -0.387. The molecule has 2 aromatic rings. The summed E-state index contributed by atoms with van der Waals surface area (Å²) in [6.07, 6.45) is 0. The molecule has 0 heterocycles. The lowest BCUT2D eigenvalue weighted by atomic mass is 10.2. The summed E-state index contributed by atoms with van der Waals surface area (Å²) in [6, 6.07) is 12.9. The average molecular weight is 289 g/mol. The van der Waals surface area contributed by atoms with Crippen molar-refractivity contribution in [2.45, 2.75) is 24.2 Å². The Bertz CT molecular complexity index is 628. The zero-order chi connectivity index (χ0) is 14.5. The number of benzene rings is 2. The van der Waals surface area contributed by atoms with Crippen LogP contribution in [0, 0.1) is 17.0 Å². The van der Waals surface area contributed by atoms with Crippen molar-refractivity contribution in [3.8, 4) is 0 Å². The van der Waals surface area contributed by atoms with E-state index in [0.717, 1.165) is 5.56 Å². The number of rotatable bonds is 5. The molecular weight excluding hydrogens is 274 g/mol. The van der Waals surface area contributed by atoms with Crippen LogP contribution in [0.5, 0.6) is 0 Å². The van der Waals surface area contributed by atoms with Gasteiger partial charge in [-0.2, -0.15) is 0 Å². The molecule has 0 saturated heterocycles. The van der Waals surface area contributed by atoms with Gasteiger partial charge in [0.1, 0.15) is 0 Å². The number of thioether (sulfide) groups is 1. The number of hydrogen-bond donors (Lipinski definition) is 1. The van der Waals surface area contributed by atoms with Gasteiger partial charge in [-0.05, 0) is 24.1 Å². The largest absolute Gasteiger partial charge is 0.392 e. The fourth-order valence-electron chi connectivity index (χ4n) is 1.89. The molecule has 0 spiro atoms. The molecule has 4 nitrogen and oxygen atoms in total. The van der Waals surface area contributed by atoms with Crippen LogP contribution >= 0.6 is 11.8 Å². The van der Waals surface area contributed by atoms with Gasteiger partial charge in [0.2, 0.25) is 0 Å². The molecule has 0 fully saturated rings. The van der Waals surface area contributed by atoms with Gasteiger partial charge in [0, 0.05) is 11.8 Å². The number of nitro groups is 1. The van der Waals surface area contributed by atoms with E-state index < -0.39 is 4.92 Å². The molecule has 0 bridgehead atoms. The normalized spacial score (nSPS) is 10.5. The highest BCUT2D eigenvalue weighted by Crippen LogP contribution is 2.32. The standard InChI is InChI=1S/C15H15NO3S/c1-11-3-2-4-13(7-11)10-20-15-6-5-12(9-17)8-14(15)16(18)19/h2-8,17H,9-10H2,1H3. The van der Waals surface area contributed by atoms with Crippen LogP contribution in [0.1, 0.15) is 16.7 Å². The van der Waals surface area contributed by atoms with Gasteiger partial charge in [0.05, 0.1) is 16.4 Å². The second-order valence-electron chi connectivity index (χ2n) is 4.50. The van der Waals surface area contributed by atoms with Crippen LogP contribution in [0.25, 0.3) is 0 Å². The Morgan fingerprint density at radius 2 is 2.00 bits per heavy atom. The Labute approximate surface area is 121 Å². The molecule has 2 aromatic carbocycles. The summed E-state index contributed by atoms with van der Waals surface area (Å²) in [5.74, 6) is 0.682. The minimum Gasteiger partial charge on any atom is -0.392 e. The molecule has 0 aliphatic carbocycles. The van der Waals surface area contributed by atoms with Crippen molar-refractivity contribution < 1.29 is 10.0 Å². The highest BCUT2D eigenvalue weighted by atomic mass is 32.2. The van der Waals surface area contributed by atoms with Crippen molar-refractivity contribution in [2.75, 3.05) is 0 Å². The molecule has 0 radical (unpaired) electrons. The molecule has 0 amide bonds. The molecule has 0 atom stereocenters. The van der Waals surface area contributed by atoms with Gasteiger partial charge >= 0.3 is 0 Å². The number of hydrogen-bond acceptors (Lipinski definition) is 4. The first-order chi connectivity index (χ1) is 9.60. The molecule has 5 heteroatoms. The molecule has 0 unspecified atom stereocenters. The van der Waals surface area contributed by atoms with Gasteiger partial charge in [0.15, 0.2) is 0 Å². The van der Waals surface area contributed by atoms with Crippen molar-refractivity contribution in [2.24, 2.45) is 0 Å². The Kier molecular flexibility index (Phi) is 4.76. The van der Waals surface area contributed by atoms with Gasteiger partial charge < -0.3 is 5.11 Å². The molecule has 0 aliphatic heterocycles. The summed E-state index contributed by atoms with van der Waals surface area (Å²) >= 11 is 1.43. The Hall–Kier alpha value is -1.85. The van der Waals surface area contributed by atoms with E-state index in [1.165, 1.54) is 23.4 Å². The number of aliphatic hydroxyl groups is 1. The molecule has 0 aliphatic rings. The van der Waals surface area contributed by atoms with Gasteiger partial charge in [-0.15, -0.1) is 11.8 Å². The summed E-state index contributed by atoms with van der Waals surface area (Å²) in [5, 5.41) is 20.1. The zero-order valence-electron chi connectivity index (χ0n) is 11.1. The number of aliphatic hydroxyl groups excluding tert-OH is 1. The molecule has 104 valence electrons. The van der Waals surface area contributed by atoms with E-state index in [-0.39, 0.29) is 12.3 Å². The second-order valence-corrected chi connectivity index (χ2v) is 5.51. The summed E-state index contributed by atoms with van der Waals surface area (Å²) in [7, 11) is 0. The lowest BCUT2D eigenvalue weighted by Gasteiger charge is -2.05. The number of aryl methyl sites for hydroxylation is 1. The first-order valence-electron chi connectivity index (χ1n) is 6.16. The van der Waals surface area contributed by atoms with E-state index in [9.17, 15) is 10.1 Å². The predicted molar refractivity (Wildman–Crippen MR) is 79.8 cm³/mol. The van der Waals surface area contributed by atoms with E-state index >= 15 is 0 Å². The van der Waals surface area contributed by atoms with Crippen LogP contribution in [0.3, 0.4) is 0 Å². The van der Waals surface area contributed by atoms with Gasteiger partial charge in [0.25, 0.3) is 5.69 Å². The Morgan fingerprint density at radius 1 is 1.20 bits per heavy atom. The van der Waals surface area contributed by atoms with E-state index in [1.54, 1.807) is 12.1 Å². The minimum absolute atomic E-state index is 0.0502. The monoisotopic (exact) mass is 289 g/mol. The van der Waals surface area contributed by atoms with E-state index in [0.29, 0.717) is 16.2 Å². The quantitative estimate of drug-likeness (QED) is 0.518. The lowest BCUT2D eigenvalue weighted by Crippen LogP contribution is -1.94. The van der Waals surface area contributed by atoms with Crippen LogP contribution in [0.15, 0.2) is 47.4 Å². The number of nitro benzene ring substituents is 1. The fraction of sp³-hybridized carbons (Fsp3) is 0.200. The molecule has 2 rings (SSSR count). The molecule has 0 saturated carbocycles. The van der Waals surface area contributed by atoms with Crippen molar-refractivity contribution in [1.82, 2.24) is 0 Å². The first-order valence-corrected chi connectivity index (χ1v) is 7.15. The van der Waals surface area contributed by atoms with Crippen molar-refractivity contribution in [1.29, 1.82) is 0 Å². The SMILES string of the molecule is Cc1cccc(CSc2ccc(CO)cc2[N+](=O)[O-])c1. The maximum atomic E-state index is 11.1. The predicted octanol–water partition coefficient (Wildman–Crippen LogP) is 3.69. The summed E-state index contributed by atoms with van der Waals surface area (Å²) in [6.45, 7) is 1.83. The number of nitrogens with zero attached hydrogens (tertiary/aromatic N) is 1. The Balaban J connectivity index is 2.18. The Morgan fingerprint density at radius 3 is 2.65 bits per heavy atom. The van der Waals surface area contributed by atoms with E-state index in [2.05, 4.69) is 6.07 Å². The highest BCUT2D eigenvalue weighted by Gasteiger charge is 2.14. The fourth-order valence-corrected chi connectivity index (χ4v) is 2.84. The summed E-state index contributed by atoms with van der Waals surface area (Å²) in [4.78, 5) is 11.3. The maximum absolute atomic E-state index is 11.1. The molecule has 0 aromatic heterocycles. The minimum atomic E-state index is -0.405. The third-order valence-corrected chi connectivity index (χ3v) is 4.01. The van der Waals surface area contributed by atoms with Crippen LogP contribution in [0.2, 0.25) is 0 Å². The van der Waals surface area contributed by atoms with Gasteiger partial charge in [-0.3, -0.25) is 10.1 Å². The van der Waals surface area contributed by atoms with Crippen LogP contribution < -0.4 is 0 Å². The first kappa shape index (κ1) is 14.6. The average Bonchev–Trinajstić information content (AvgIpc) is 2.45. The molecule has 20 heavy (non-hydrogen) atoms. The van der Waals surface area contributed by atoms with E-state index in [4.69, 9.17) is 5.11 Å². The van der Waals surface area contributed by atoms with Crippen LogP contribution in [0.4, 0.5) is 5.69 Å². The molecular formula is C15H15NO3S. The van der Waals surface area contributed by atoms with Crippen LogP contribution in [-0.4, -0.2) is 10.0 Å². The van der Waals surface area contributed by atoms with Crippen LogP contribution in [-0.2, 0) is 12.4 Å². The smallest absolute Gasteiger partial charge is 0.283 e. The third-order valence-electron chi connectivity index (χ3n) is 2.88. The van der Waals surface area contributed by atoms with Gasteiger partial charge in [-0.1, -0.05) is 35.9 Å². The van der Waals surface area contributed by atoms with Gasteiger partial charge in [-0.25, -0.2) is 0 Å². The second kappa shape index (κ2) is 6.54. The molecule has 1 N–H and O–H groups in total. The highest BCUT2D eigenvalue weighted by molar-refractivity contribution is 7.98. The maximum Gasteiger partial charge on any atom is 0.283 e. The summed E-state index contributed by atoms with van der Waals surface area (Å²) < 4.78 is 0. The summed E-state index contributed by atoms with van der Waals surface area (Å²) in [5.41, 5.74) is 2.91. The van der Waals surface area contributed by atoms with E-state index in [1.807, 2.05) is 25.1 Å². The topological polar surface area (TPSA) is 63.4 Å². The van der Waals surface area contributed by atoms with Crippen molar-refractivity contribution in [3.63, 3.8) is 0 Å².